The molecule has 0 N–H and O–H groups in total. The Hall–Kier alpha value is 3.67. The Morgan fingerprint density at radius 3 is 0.619 bits per heavy atom. The fraction of sp³-hybridized carbons (Fsp3) is 1.00. The Morgan fingerprint density at radius 1 is 0.310 bits per heavy atom. The van der Waals surface area contributed by atoms with E-state index in [0.29, 0.717) is 7.92 Å². The van der Waals surface area contributed by atoms with Crippen LogP contribution in [0, 0.1) is 0 Å². The van der Waals surface area contributed by atoms with Gasteiger partial charge in [0, 0.05) is 0 Å². The molecule has 0 aromatic rings. The minimum Gasteiger partial charge on any atom is -0.427 e. The maximum atomic E-state index is 8.57. The molecule has 0 aromatic carbocycles. The van der Waals surface area contributed by atoms with Crippen LogP contribution in [0.15, 0.2) is 0 Å². The van der Waals surface area contributed by atoms with E-state index in [-0.39, 0.29) is 23.9 Å². The molecule has 0 aromatic heterocycles. The van der Waals surface area contributed by atoms with E-state index in [0.717, 1.165) is 0 Å². The van der Waals surface area contributed by atoms with Crippen molar-refractivity contribution in [3.8, 4) is 0 Å². The van der Waals surface area contributed by atoms with Crippen LogP contribution in [0.3, 0.4) is 0 Å². The van der Waals surface area contributed by atoms with Gasteiger partial charge in [-0.25, -0.2) is 0 Å². The topological polar surface area (TPSA) is 277 Å². The second kappa shape index (κ2) is 54.1. The van der Waals surface area contributed by atoms with E-state index in [1.807, 2.05) is 0 Å². The van der Waals surface area contributed by atoms with Gasteiger partial charge in [-0.2, -0.15) is 0 Å². The van der Waals surface area contributed by atoms with Crippen molar-refractivity contribution in [1.82, 2.24) is 0 Å². The summed E-state index contributed by atoms with van der Waals surface area (Å²) < 4.78 is 103. The summed E-state index contributed by atoms with van der Waals surface area (Å²) >= 11 is -16.1. The van der Waals surface area contributed by atoms with Crippen molar-refractivity contribution in [2.24, 2.45) is 0 Å². The third-order valence-corrected chi connectivity index (χ3v) is 8.33. The van der Waals surface area contributed by atoms with E-state index in [4.69, 9.17) is 41.2 Å². The van der Waals surface area contributed by atoms with Gasteiger partial charge < -0.3 is 41.2 Å². The van der Waals surface area contributed by atoms with Gasteiger partial charge in [-0.05, 0) is 37.7 Å². The largest absolute Gasteiger partial charge is 4.00 e. The number of hydrogen-bond donors (Lipinski definition) is 0. The molecule has 0 saturated heterocycles. The van der Waals surface area contributed by atoms with Crippen molar-refractivity contribution in [2.45, 2.75) is 136 Å². The van der Waals surface area contributed by atoms with Crippen LogP contribution in [0.1, 0.15) is 136 Å². The number of rotatable bonds is 21. The fourth-order valence-corrected chi connectivity index (χ4v) is 6.37. The van der Waals surface area contributed by atoms with Crippen LogP contribution in [0.2, 0.25) is 0 Å². The zero-order valence-electron chi connectivity index (χ0n) is 25.2. The molecule has 256 valence electrons. The fourth-order valence-electron chi connectivity index (χ4n) is 3.68. The summed E-state index contributed by atoms with van der Waals surface area (Å²) in [6.07, 6.45) is 31.2. The standard InChI is InChI=1S/C24H51P.4IO3.Sn/c1-4-7-10-13-16-19-22-25(23-20-17-14-11-8-5-2)24-21-18-15-12-9-6-3;4*2-1(3)4;/h4-24H2,1-3H3;;;;;/q;4*-1;+4. The van der Waals surface area contributed by atoms with Gasteiger partial charge >= 0.3 is 23.9 Å². The van der Waals surface area contributed by atoms with E-state index in [9.17, 15) is 0 Å². The molecule has 42 heavy (non-hydrogen) atoms. The van der Waals surface area contributed by atoms with Gasteiger partial charge in [0.05, 0.1) is 0 Å². The average molecular weight is 1190 g/mol. The third-order valence-electron chi connectivity index (χ3n) is 5.48. The average Bonchev–Trinajstić information content (AvgIpc) is 2.83. The second-order valence-corrected chi connectivity index (χ2v) is 15.9. The van der Waals surface area contributed by atoms with Gasteiger partial charge in [-0.1, -0.05) is 117 Å². The summed E-state index contributed by atoms with van der Waals surface area (Å²) in [5, 5.41) is 0. The number of hydrogen-bond acceptors (Lipinski definition) is 12. The van der Waals surface area contributed by atoms with Crippen LogP contribution in [0.4, 0.5) is 0 Å². The van der Waals surface area contributed by atoms with Crippen molar-refractivity contribution < 1.29 is 125 Å². The van der Waals surface area contributed by atoms with E-state index >= 15 is 0 Å². The molecule has 0 aliphatic heterocycles. The minimum absolute atomic E-state index is 0. The molecule has 12 nitrogen and oxygen atoms in total. The Bertz CT molecular complexity index is 357. The van der Waals surface area contributed by atoms with Gasteiger partial charge in [0.1, 0.15) is 0 Å². The molecule has 0 rings (SSSR count). The van der Waals surface area contributed by atoms with E-state index in [1.165, 1.54) is 116 Å². The molecule has 0 radical (unpaired) electrons. The van der Waals surface area contributed by atoms with Gasteiger partial charge in [0.2, 0.25) is 0 Å². The molecule has 0 amide bonds. The van der Waals surface area contributed by atoms with Crippen LogP contribution >= 0.6 is 7.92 Å². The van der Waals surface area contributed by atoms with Crippen LogP contribution < -0.4 is 125 Å². The van der Waals surface area contributed by atoms with Gasteiger partial charge in [0.15, 0.2) is 0 Å². The first-order chi connectivity index (χ1) is 19.3. The zero-order valence-corrected chi connectivity index (χ0v) is 37.6. The zero-order chi connectivity index (χ0) is 32.7. The van der Waals surface area contributed by atoms with Crippen LogP contribution in [-0.4, -0.2) is 42.4 Å². The first-order valence-electron chi connectivity index (χ1n) is 13.9. The predicted molar refractivity (Wildman–Crippen MR) is 127 cm³/mol. The van der Waals surface area contributed by atoms with Gasteiger partial charge in [-0.15, -0.1) is 7.92 Å². The normalized spacial score (nSPS) is 10.3. The summed E-state index contributed by atoms with van der Waals surface area (Å²) in [5.41, 5.74) is 0. The molecular formula is C24H51I4O12PSn. The minimum atomic E-state index is -4.01. The summed E-state index contributed by atoms with van der Waals surface area (Å²) in [5.74, 6) is 0. The molecular weight excluding hydrogens is 1140 g/mol. The summed E-state index contributed by atoms with van der Waals surface area (Å²) in [4.78, 5) is 0. The molecule has 0 saturated carbocycles. The molecule has 0 aliphatic rings. The molecule has 0 fully saturated rings. The summed E-state index contributed by atoms with van der Waals surface area (Å²) in [6, 6.07) is 0. The van der Waals surface area contributed by atoms with Crippen molar-refractivity contribution in [3.63, 3.8) is 0 Å². The van der Waals surface area contributed by atoms with Crippen LogP contribution in [-0.2, 0) is 0 Å². The maximum absolute atomic E-state index is 8.57. The molecule has 0 atom stereocenters. The number of unbranched alkanes of at least 4 members (excludes halogenated alkanes) is 15. The predicted octanol–water partition coefficient (Wildman–Crippen LogP) is -17.1. The Morgan fingerprint density at radius 2 is 0.452 bits per heavy atom. The summed E-state index contributed by atoms with van der Waals surface area (Å²) in [7, 11) is 0.366. The van der Waals surface area contributed by atoms with Crippen molar-refractivity contribution in [2.75, 3.05) is 18.5 Å². The van der Waals surface area contributed by atoms with Gasteiger partial charge in [-0.3, -0.25) is 0 Å². The Labute approximate surface area is 308 Å². The molecule has 0 unspecified atom stereocenters. The molecule has 0 spiro atoms. The maximum Gasteiger partial charge on any atom is 4.00 e. The van der Waals surface area contributed by atoms with Crippen molar-refractivity contribution in [3.05, 3.63) is 0 Å². The van der Waals surface area contributed by atoms with Crippen molar-refractivity contribution >= 4 is 31.8 Å². The second-order valence-electron chi connectivity index (χ2n) is 8.90. The quantitative estimate of drug-likeness (QED) is 0.0449. The first kappa shape index (κ1) is 57.9. The molecule has 0 bridgehead atoms. The summed E-state index contributed by atoms with van der Waals surface area (Å²) in [6.45, 7) is 6.96. The smallest absolute Gasteiger partial charge is 0.427 e. The SMILES string of the molecule is CCCCCCCCP(CCCCCCCC)CCCCCCCC.[O-][I+2]([O-])[O-].[O-][I+2]([O-])[O-].[O-][I+2]([O-])[O-].[O-][I+2]([O-])[O-].[Sn+4]. The van der Waals surface area contributed by atoms with E-state index < -0.39 is 84.3 Å². The number of halogens is 4. The van der Waals surface area contributed by atoms with E-state index in [2.05, 4.69) is 20.8 Å². The monoisotopic (exact) mass is 1190 g/mol. The van der Waals surface area contributed by atoms with Gasteiger partial charge in [0.25, 0.3) is 84.3 Å². The van der Waals surface area contributed by atoms with Crippen molar-refractivity contribution in [1.29, 1.82) is 0 Å². The Kier molecular flexibility index (Phi) is 74.6. The Balaban J connectivity index is -0.000000155. The first-order valence-corrected chi connectivity index (χ1v) is 26.4. The third kappa shape index (κ3) is 104. The molecule has 0 heterocycles. The molecule has 0 aliphatic carbocycles. The van der Waals surface area contributed by atoms with Crippen LogP contribution in [0.25, 0.3) is 0 Å². The van der Waals surface area contributed by atoms with Crippen LogP contribution in [0.5, 0.6) is 0 Å². The molecule has 18 heteroatoms. The van der Waals surface area contributed by atoms with E-state index in [1.54, 1.807) is 18.5 Å².